The van der Waals surface area contributed by atoms with Crippen LogP contribution in [0.1, 0.15) is 48.8 Å². The summed E-state index contributed by atoms with van der Waals surface area (Å²) in [5.41, 5.74) is 4.46. The van der Waals surface area contributed by atoms with Crippen molar-refractivity contribution < 1.29 is 14.0 Å². The van der Waals surface area contributed by atoms with Crippen LogP contribution >= 0.6 is 11.3 Å². The van der Waals surface area contributed by atoms with Crippen molar-refractivity contribution in [3.8, 4) is 11.1 Å². The smallest absolute Gasteiger partial charge is 0.263 e. The van der Waals surface area contributed by atoms with Crippen LogP contribution in [-0.2, 0) is 11.3 Å². The first-order chi connectivity index (χ1) is 22.0. The van der Waals surface area contributed by atoms with Gasteiger partial charge in [0.1, 0.15) is 5.82 Å². The SMILES string of the molecule is CN(C)C(=O)c1cc2c(-c3ccc(N4CCN(C(C)(C)C)CC4)cc3)cc(C3=CCCN(C(=O)CCn4cccn4)C3)c(F)c2s1. The minimum atomic E-state index is -0.341. The number of aromatic nitrogens is 2. The molecule has 0 unspecified atom stereocenters. The van der Waals surface area contributed by atoms with Crippen LogP contribution in [0, 0.1) is 5.82 Å². The highest BCUT2D eigenvalue weighted by Gasteiger charge is 2.27. The molecule has 1 fully saturated rings. The minimum Gasteiger partial charge on any atom is -0.369 e. The number of rotatable bonds is 7. The molecule has 46 heavy (non-hydrogen) atoms. The fourth-order valence-corrected chi connectivity index (χ4v) is 7.55. The molecule has 0 radical (unpaired) electrons. The second-order valence-electron chi connectivity index (χ2n) is 13.4. The van der Waals surface area contributed by atoms with Crippen molar-refractivity contribution in [2.45, 2.75) is 45.7 Å². The first-order valence-electron chi connectivity index (χ1n) is 16.0. The highest BCUT2D eigenvalue weighted by atomic mass is 32.1. The summed E-state index contributed by atoms with van der Waals surface area (Å²) < 4.78 is 18.6. The van der Waals surface area contributed by atoms with Gasteiger partial charge in [-0.05, 0) is 74.2 Å². The number of aryl methyl sites for hydroxylation is 1. The van der Waals surface area contributed by atoms with Crippen molar-refractivity contribution in [1.82, 2.24) is 24.5 Å². The number of anilines is 1. The topological polar surface area (TPSA) is 64.9 Å². The second-order valence-corrected chi connectivity index (χ2v) is 14.4. The van der Waals surface area contributed by atoms with Crippen LogP contribution in [0.5, 0.6) is 0 Å². The Morgan fingerprint density at radius 2 is 1.74 bits per heavy atom. The predicted octanol–water partition coefficient (Wildman–Crippen LogP) is 6.23. The summed E-state index contributed by atoms with van der Waals surface area (Å²) in [6.45, 7) is 12.2. The third-order valence-electron chi connectivity index (χ3n) is 9.10. The van der Waals surface area contributed by atoms with E-state index in [0.717, 1.165) is 48.3 Å². The monoisotopic (exact) mass is 642 g/mol. The molecule has 0 N–H and O–H groups in total. The summed E-state index contributed by atoms with van der Waals surface area (Å²) in [6.07, 6.45) is 6.58. The quantitative estimate of drug-likeness (QED) is 0.239. The van der Waals surface area contributed by atoms with Crippen molar-refractivity contribution in [3.05, 3.63) is 77.2 Å². The molecular weight excluding hydrogens is 600 g/mol. The molecule has 8 nitrogen and oxygen atoms in total. The van der Waals surface area contributed by atoms with Crippen LogP contribution in [0.15, 0.2) is 60.9 Å². The van der Waals surface area contributed by atoms with E-state index in [-0.39, 0.29) is 23.2 Å². The van der Waals surface area contributed by atoms with Crippen LogP contribution in [-0.4, -0.2) is 95.2 Å². The zero-order valence-corrected chi connectivity index (χ0v) is 28.2. The van der Waals surface area contributed by atoms with Crippen LogP contribution < -0.4 is 4.90 Å². The van der Waals surface area contributed by atoms with Gasteiger partial charge in [-0.1, -0.05) is 18.2 Å². The zero-order chi connectivity index (χ0) is 32.6. The standard InChI is InChI=1S/C36H43FN6O2S/c1-36(2,3)42-20-18-40(19-21-42)27-11-9-25(10-12-27)28-22-29(33(37)34-30(28)23-31(46-34)35(45)39(4)5)26-8-6-15-41(24-26)32(44)13-17-43-16-7-14-38-43/h7-12,14,16,22-23H,6,13,15,17-21,24H2,1-5H3. The van der Waals surface area contributed by atoms with Gasteiger partial charge in [0, 0.05) is 101 Å². The van der Waals surface area contributed by atoms with Gasteiger partial charge >= 0.3 is 0 Å². The van der Waals surface area contributed by atoms with E-state index in [9.17, 15) is 9.59 Å². The Kier molecular flexibility index (Phi) is 9.03. The molecule has 2 amide bonds. The molecule has 0 bridgehead atoms. The second kappa shape index (κ2) is 13.0. The molecule has 1 saturated heterocycles. The average molecular weight is 643 g/mol. The van der Waals surface area contributed by atoms with E-state index in [1.165, 1.54) is 21.9 Å². The molecule has 4 aromatic rings. The molecule has 0 saturated carbocycles. The molecule has 10 heteroatoms. The molecule has 0 aliphatic carbocycles. The number of benzene rings is 2. The molecule has 2 aromatic heterocycles. The van der Waals surface area contributed by atoms with E-state index >= 15 is 4.39 Å². The largest absolute Gasteiger partial charge is 0.369 e. The highest BCUT2D eigenvalue weighted by Crippen LogP contribution is 2.41. The Bertz CT molecular complexity index is 1750. The van der Waals surface area contributed by atoms with E-state index < -0.39 is 0 Å². The molecule has 0 spiro atoms. The van der Waals surface area contributed by atoms with Crippen molar-refractivity contribution in [1.29, 1.82) is 0 Å². The van der Waals surface area contributed by atoms with Crippen molar-refractivity contribution in [3.63, 3.8) is 0 Å². The molecule has 242 valence electrons. The number of piperazine rings is 1. The predicted molar refractivity (Wildman–Crippen MR) is 185 cm³/mol. The van der Waals surface area contributed by atoms with Crippen LogP contribution in [0.3, 0.4) is 0 Å². The number of hydrogen-bond acceptors (Lipinski definition) is 6. The van der Waals surface area contributed by atoms with Crippen molar-refractivity contribution in [2.24, 2.45) is 0 Å². The van der Waals surface area contributed by atoms with Gasteiger partial charge in [-0.2, -0.15) is 5.10 Å². The molecule has 2 aromatic carbocycles. The maximum atomic E-state index is 16.4. The van der Waals surface area contributed by atoms with Crippen molar-refractivity contribution >= 4 is 44.5 Å². The lowest BCUT2D eigenvalue weighted by atomic mass is 9.93. The Hall–Kier alpha value is -4.02. The third-order valence-corrected chi connectivity index (χ3v) is 10.2. The van der Waals surface area contributed by atoms with Gasteiger partial charge in [0.25, 0.3) is 5.91 Å². The summed E-state index contributed by atoms with van der Waals surface area (Å²) in [5, 5.41) is 4.93. The lowest BCUT2D eigenvalue weighted by Gasteiger charge is -2.43. The molecule has 2 aliphatic heterocycles. The fraction of sp³-hybridized carbons (Fsp3) is 0.417. The number of carbonyl (C=O) groups excluding carboxylic acids is 2. The first kappa shape index (κ1) is 31.9. The number of thiophene rings is 1. The lowest BCUT2D eigenvalue weighted by Crippen LogP contribution is -2.53. The van der Waals surface area contributed by atoms with E-state index in [0.29, 0.717) is 47.6 Å². The molecule has 6 rings (SSSR count). The maximum Gasteiger partial charge on any atom is 0.263 e. The molecular formula is C36H43FN6O2S. The normalized spacial score (nSPS) is 16.2. The number of fused-ring (bicyclic) bond motifs is 1. The van der Waals surface area contributed by atoms with Crippen LogP contribution in [0.4, 0.5) is 10.1 Å². The number of hydrogen-bond donors (Lipinski definition) is 0. The molecule has 0 atom stereocenters. The Balaban J connectivity index is 1.31. The average Bonchev–Trinajstić information content (AvgIpc) is 3.74. The Morgan fingerprint density at radius 1 is 1.00 bits per heavy atom. The van der Waals surface area contributed by atoms with Gasteiger partial charge < -0.3 is 14.7 Å². The van der Waals surface area contributed by atoms with E-state index in [2.05, 4.69) is 59.9 Å². The van der Waals surface area contributed by atoms with Gasteiger partial charge in [0.05, 0.1) is 9.58 Å². The molecule has 2 aliphatic rings. The van der Waals surface area contributed by atoms with E-state index in [1.807, 2.05) is 35.4 Å². The fourth-order valence-electron chi connectivity index (χ4n) is 6.40. The maximum absolute atomic E-state index is 16.4. The zero-order valence-electron chi connectivity index (χ0n) is 27.4. The first-order valence-corrected chi connectivity index (χ1v) is 16.8. The van der Waals surface area contributed by atoms with Crippen LogP contribution in [0.2, 0.25) is 0 Å². The van der Waals surface area contributed by atoms with Crippen molar-refractivity contribution in [2.75, 3.05) is 58.3 Å². The van der Waals surface area contributed by atoms with E-state index in [1.54, 1.807) is 25.0 Å². The van der Waals surface area contributed by atoms with Gasteiger partial charge in [0.2, 0.25) is 5.91 Å². The third kappa shape index (κ3) is 6.59. The summed E-state index contributed by atoms with van der Waals surface area (Å²) in [4.78, 5) is 34.9. The molecule has 4 heterocycles. The number of amides is 2. The van der Waals surface area contributed by atoms with Gasteiger partial charge in [0.15, 0.2) is 0 Å². The minimum absolute atomic E-state index is 0.0247. The van der Waals surface area contributed by atoms with Gasteiger partial charge in [-0.25, -0.2) is 4.39 Å². The Labute approximate surface area is 274 Å². The summed E-state index contributed by atoms with van der Waals surface area (Å²) in [6, 6.07) is 14.1. The summed E-state index contributed by atoms with van der Waals surface area (Å²) >= 11 is 1.19. The van der Waals surface area contributed by atoms with Crippen LogP contribution in [0.25, 0.3) is 26.8 Å². The lowest BCUT2D eigenvalue weighted by molar-refractivity contribution is -0.131. The van der Waals surface area contributed by atoms with Gasteiger partial charge in [-0.15, -0.1) is 11.3 Å². The summed E-state index contributed by atoms with van der Waals surface area (Å²) in [7, 11) is 3.42. The number of nitrogens with zero attached hydrogens (tertiary/aromatic N) is 6. The number of halogens is 1. The highest BCUT2D eigenvalue weighted by molar-refractivity contribution is 7.21. The van der Waals surface area contributed by atoms with Gasteiger partial charge in [-0.3, -0.25) is 19.2 Å². The number of carbonyl (C=O) groups is 2. The Morgan fingerprint density at radius 3 is 2.39 bits per heavy atom. The van der Waals surface area contributed by atoms with E-state index in [4.69, 9.17) is 0 Å². The summed E-state index contributed by atoms with van der Waals surface area (Å²) in [5.74, 6) is -0.465.